The van der Waals surface area contributed by atoms with Crippen molar-refractivity contribution in [3.05, 3.63) is 12.4 Å². The van der Waals surface area contributed by atoms with Crippen molar-refractivity contribution in [2.24, 2.45) is 0 Å². The van der Waals surface area contributed by atoms with Gasteiger partial charge in [0.05, 0.1) is 6.10 Å². The zero-order chi connectivity index (χ0) is 12.8. The van der Waals surface area contributed by atoms with Gasteiger partial charge in [-0.1, -0.05) is 0 Å². The van der Waals surface area contributed by atoms with Gasteiger partial charge in [-0.15, -0.1) is 0 Å². The van der Waals surface area contributed by atoms with E-state index in [1.54, 1.807) is 0 Å². The molecule has 0 atom stereocenters. The first kappa shape index (κ1) is 13.1. The quantitative estimate of drug-likeness (QED) is 0.689. The first-order chi connectivity index (χ1) is 8.74. The van der Waals surface area contributed by atoms with Gasteiger partial charge in [0.1, 0.15) is 12.1 Å². The summed E-state index contributed by atoms with van der Waals surface area (Å²) in [6, 6.07) is 2.63. The summed E-state index contributed by atoms with van der Waals surface area (Å²) in [6.07, 6.45) is 5.45. The fourth-order valence-corrected chi connectivity index (χ4v) is 1.64. The number of rotatable bonds is 8. The van der Waals surface area contributed by atoms with Crippen LogP contribution >= 0.6 is 0 Å². The third-order valence-electron chi connectivity index (χ3n) is 2.67. The first-order valence-electron chi connectivity index (χ1n) is 6.70. The van der Waals surface area contributed by atoms with Crippen LogP contribution in [0.2, 0.25) is 0 Å². The van der Waals surface area contributed by atoms with Crippen molar-refractivity contribution < 1.29 is 4.74 Å². The number of nitrogens with zero attached hydrogens (tertiary/aromatic N) is 2. The van der Waals surface area contributed by atoms with Crippen LogP contribution in [0.1, 0.15) is 33.1 Å². The predicted octanol–water partition coefficient (Wildman–Crippen LogP) is 1.82. The van der Waals surface area contributed by atoms with Crippen LogP contribution in [0.3, 0.4) is 0 Å². The Labute approximate surface area is 108 Å². The molecule has 0 unspecified atom stereocenters. The molecule has 0 bridgehead atoms. The molecule has 0 aliphatic heterocycles. The number of aromatic nitrogens is 2. The molecule has 0 radical (unpaired) electrons. The molecule has 0 amide bonds. The smallest absolute Gasteiger partial charge is 0.218 e. The van der Waals surface area contributed by atoms with Gasteiger partial charge in [-0.25, -0.2) is 9.97 Å². The molecular formula is C13H22N4O. The summed E-state index contributed by atoms with van der Waals surface area (Å²) in [5.41, 5.74) is 0. The number of hydrogen-bond acceptors (Lipinski definition) is 5. The number of nitrogens with one attached hydrogen (secondary N) is 2. The van der Waals surface area contributed by atoms with Gasteiger partial charge in [0.15, 0.2) is 0 Å². The maximum Gasteiger partial charge on any atom is 0.218 e. The van der Waals surface area contributed by atoms with Gasteiger partial charge in [0.2, 0.25) is 5.88 Å². The van der Waals surface area contributed by atoms with Crippen molar-refractivity contribution in [1.82, 2.24) is 15.3 Å². The second-order valence-corrected chi connectivity index (χ2v) is 4.92. The molecule has 1 saturated carbocycles. The molecule has 2 N–H and O–H groups in total. The van der Waals surface area contributed by atoms with Gasteiger partial charge in [0.25, 0.3) is 0 Å². The van der Waals surface area contributed by atoms with Crippen LogP contribution in [0, 0.1) is 0 Å². The van der Waals surface area contributed by atoms with Crippen molar-refractivity contribution in [1.29, 1.82) is 0 Å². The summed E-state index contributed by atoms with van der Waals surface area (Å²) in [5.74, 6) is 1.45. The maximum atomic E-state index is 5.52. The van der Waals surface area contributed by atoms with Crippen LogP contribution in [0.4, 0.5) is 5.82 Å². The van der Waals surface area contributed by atoms with Crippen LogP contribution in [0.5, 0.6) is 5.88 Å². The highest BCUT2D eigenvalue weighted by molar-refractivity contribution is 5.36. The monoisotopic (exact) mass is 250 g/mol. The highest BCUT2D eigenvalue weighted by Gasteiger charge is 2.19. The Hall–Kier alpha value is -1.36. The van der Waals surface area contributed by atoms with E-state index < -0.39 is 0 Å². The topological polar surface area (TPSA) is 59.1 Å². The molecule has 5 nitrogen and oxygen atoms in total. The normalized spacial score (nSPS) is 14.8. The minimum absolute atomic E-state index is 0.135. The van der Waals surface area contributed by atoms with Crippen molar-refractivity contribution in [3.8, 4) is 5.88 Å². The number of anilines is 1. The Bertz CT molecular complexity index is 366. The average molecular weight is 250 g/mol. The summed E-state index contributed by atoms with van der Waals surface area (Å²) in [5, 5.41) is 6.76. The van der Waals surface area contributed by atoms with E-state index in [0.717, 1.165) is 31.4 Å². The van der Waals surface area contributed by atoms with Crippen LogP contribution in [0.15, 0.2) is 12.4 Å². The molecule has 1 aromatic heterocycles. The highest BCUT2D eigenvalue weighted by atomic mass is 16.5. The van der Waals surface area contributed by atoms with Crippen molar-refractivity contribution in [2.45, 2.75) is 45.3 Å². The Morgan fingerprint density at radius 1 is 1.33 bits per heavy atom. The van der Waals surface area contributed by atoms with Gasteiger partial charge in [-0.2, -0.15) is 0 Å². The SMILES string of the molecule is CC(C)Oc1cc(NCCCNC2CC2)ncn1. The van der Waals surface area contributed by atoms with E-state index >= 15 is 0 Å². The molecule has 1 aromatic rings. The lowest BCUT2D eigenvalue weighted by molar-refractivity contribution is 0.232. The van der Waals surface area contributed by atoms with E-state index in [-0.39, 0.29) is 6.10 Å². The molecule has 1 aliphatic rings. The Morgan fingerprint density at radius 3 is 2.89 bits per heavy atom. The zero-order valence-electron chi connectivity index (χ0n) is 11.1. The van der Waals surface area contributed by atoms with Crippen LogP contribution in [-0.4, -0.2) is 35.2 Å². The van der Waals surface area contributed by atoms with Gasteiger partial charge < -0.3 is 15.4 Å². The van der Waals surface area contributed by atoms with Crippen LogP contribution in [0.25, 0.3) is 0 Å². The molecule has 0 saturated heterocycles. The van der Waals surface area contributed by atoms with Gasteiger partial charge >= 0.3 is 0 Å². The predicted molar refractivity (Wildman–Crippen MR) is 71.9 cm³/mol. The molecule has 0 aromatic carbocycles. The molecule has 0 spiro atoms. The van der Waals surface area contributed by atoms with Gasteiger partial charge in [-0.05, 0) is 39.7 Å². The summed E-state index contributed by atoms with van der Waals surface area (Å²) >= 11 is 0. The molecule has 5 heteroatoms. The standard InChI is InChI=1S/C13H22N4O/c1-10(2)18-13-8-12(16-9-17-13)15-7-3-6-14-11-4-5-11/h8-11,14H,3-7H2,1-2H3,(H,15,16,17). The fraction of sp³-hybridized carbons (Fsp3) is 0.692. The van der Waals surface area contributed by atoms with Crippen LogP contribution in [-0.2, 0) is 0 Å². The van der Waals surface area contributed by atoms with Crippen molar-refractivity contribution in [2.75, 3.05) is 18.4 Å². The fourth-order valence-electron chi connectivity index (χ4n) is 1.64. The van der Waals surface area contributed by atoms with Gasteiger partial charge in [-0.3, -0.25) is 0 Å². The third-order valence-corrected chi connectivity index (χ3v) is 2.67. The summed E-state index contributed by atoms with van der Waals surface area (Å²) in [6.45, 7) is 5.95. The second kappa shape index (κ2) is 6.54. The molecule has 1 fully saturated rings. The van der Waals surface area contributed by atoms with E-state index in [9.17, 15) is 0 Å². The minimum atomic E-state index is 0.135. The lowest BCUT2D eigenvalue weighted by atomic mass is 10.4. The third kappa shape index (κ3) is 4.87. The summed E-state index contributed by atoms with van der Waals surface area (Å²) < 4.78 is 5.52. The molecule has 2 rings (SSSR count). The Morgan fingerprint density at radius 2 is 2.17 bits per heavy atom. The van der Waals surface area contributed by atoms with Crippen molar-refractivity contribution in [3.63, 3.8) is 0 Å². The minimum Gasteiger partial charge on any atom is -0.475 e. The maximum absolute atomic E-state index is 5.52. The summed E-state index contributed by atoms with van der Waals surface area (Å²) in [4.78, 5) is 8.24. The first-order valence-corrected chi connectivity index (χ1v) is 6.70. The largest absolute Gasteiger partial charge is 0.475 e. The van der Waals surface area contributed by atoms with E-state index in [0.29, 0.717) is 5.88 Å². The molecule has 18 heavy (non-hydrogen) atoms. The second-order valence-electron chi connectivity index (χ2n) is 4.92. The Kier molecular flexibility index (Phi) is 4.75. The summed E-state index contributed by atoms with van der Waals surface area (Å²) in [7, 11) is 0. The number of hydrogen-bond donors (Lipinski definition) is 2. The number of ether oxygens (including phenoxy) is 1. The Balaban J connectivity index is 1.67. The highest BCUT2D eigenvalue weighted by Crippen LogP contribution is 2.18. The van der Waals surface area contributed by atoms with E-state index in [4.69, 9.17) is 4.74 Å². The molecule has 1 heterocycles. The zero-order valence-corrected chi connectivity index (χ0v) is 11.1. The molecule has 1 aliphatic carbocycles. The molecular weight excluding hydrogens is 228 g/mol. The average Bonchev–Trinajstić information content (AvgIpc) is 3.12. The lowest BCUT2D eigenvalue weighted by Crippen LogP contribution is -2.20. The van der Waals surface area contributed by atoms with E-state index in [1.807, 2.05) is 19.9 Å². The lowest BCUT2D eigenvalue weighted by Gasteiger charge is -2.10. The van der Waals surface area contributed by atoms with E-state index in [1.165, 1.54) is 19.2 Å². The molecule has 100 valence electrons. The van der Waals surface area contributed by atoms with Gasteiger partial charge in [0, 0.05) is 18.7 Å². The van der Waals surface area contributed by atoms with E-state index in [2.05, 4.69) is 20.6 Å². The van der Waals surface area contributed by atoms with Crippen molar-refractivity contribution >= 4 is 5.82 Å². The van der Waals surface area contributed by atoms with Crippen LogP contribution < -0.4 is 15.4 Å².